The molecule has 0 aliphatic rings. The van der Waals surface area contributed by atoms with Crippen LogP contribution < -0.4 is 10.1 Å². The molecule has 0 fully saturated rings. The lowest BCUT2D eigenvalue weighted by Gasteiger charge is -2.29. The molecule has 1 N–H and O–H groups in total. The van der Waals surface area contributed by atoms with Crippen LogP contribution in [0, 0.1) is 5.92 Å². The monoisotopic (exact) mass is 488 g/mol. The fourth-order valence-corrected chi connectivity index (χ4v) is 3.54. The Balaban J connectivity index is 2.12. The Bertz CT molecular complexity index is 868. The zero-order valence-corrected chi connectivity index (χ0v) is 20.6. The van der Waals surface area contributed by atoms with E-state index in [0.717, 1.165) is 10.0 Å². The van der Waals surface area contributed by atoms with Crippen molar-refractivity contribution < 1.29 is 14.3 Å². The maximum Gasteiger partial charge on any atom is 0.261 e. The molecule has 31 heavy (non-hydrogen) atoms. The summed E-state index contributed by atoms with van der Waals surface area (Å²) in [6, 6.07) is 14.9. The van der Waals surface area contributed by atoms with E-state index in [0.29, 0.717) is 30.7 Å². The second-order valence-electron chi connectivity index (χ2n) is 8.46. The summed E-state index contributed by atoms with van der Waals surface area (Å²) in [5, 5.41) is 2.92. The molecular formula is C25H33BrN2O3. The van der Waals surface area contributed by atoms with Crippen LogP contribution in [0.25, 0.3) is 0 Å². The second kappa shape index (κ2) is 11.9. The molecule has 168 valence electrons. The van der Waals surface area contributed by atoms with Gasteiger partial charge >= 0.3 is 0 Å². The summed E-state index contributed by atoms with van der Waals surface area (Å²) in [7, 11) is 0. The number of ether oxygens (including phenoxy) is 1. The third kappa shape index (κ3) is 7.69. The quantitative estimate of drug-likeness (QED) is 0.503. The first-order valence-corrected chi connectivity index (χ1v) is 11.5. The van der Waals surface area contributed by atoms with Crippen molar-refractivity contribution in [1.82, 2.24) is 10.2 Å². The average Bonchev–Trinajstić information content (AvgIpc) is 2.74. The summed E-state index contributed by atoms with van der Waals surface area (Å²) in [4.78, 5) is 27.3. The van der Waals surface area contributed by atoms with E-state index in [4.69, 9.17) is 4.74 Å². The van der Waals surface area contributed by atoms with Gasteiger partial charge in [-0.3, -0.25) is 9.59 Å². The van der Waals surface area contributed by atoms with E-state index in [9.17, 15) is 9.59 Å². The standard InChI is InChI=1S/C25H33BrN2O3/c1-17(2)14-27-25(30)19(5)28(15-20-9-7-6-8-10-20)24(29)16-31-23-12-11-21(18(3)4)13-22(23)26/h6-13,17-19H,14-16H2,1-5H3,(H,27,30)/t19-/m1/s1. The predicted molar refractivity (Wildman–Crippen MR) is 128 cm³/mol. The van der Waals surface area contributed by atoms with Crippen molar-refractivity contribution >= 4 is 27.7 Å². The highest BCUT2D eigenvalue weighted by Gasteiger charge is 2.26. The minimum Gasteiger partial charge on any atom is -0.483 e. The SMILES string of the molecule is CC(C)CNC(=O)[C@@H](C)N(Cc1ccccc1)C(=O)COc1ccc(C(C)C)cc1Br. The lowest BCUT2D eigenvalue weighted by Crippen LogP contribution is -2.49. The van der Waals surface area contributed by atoms with E-state index in [-0.39, 0.29) is 18.4 Å². The number of hydrogen-bond acceptors (Lipinski definition) is 3. The minimum absolute atomic E-state index is 0.145. The minimum atomic E-state index is -0.609. The normalized spacial score (nSPS) is 12.0. The van der Waals surface area contributed by atoms with Gasteiger partial charge in [0.25, 0.3) is 5.91 Å². The van der Waals surface area contributed by atoms with Gasteiger partial charge in [-0.25, -0.2) is 0 Å². The lowest BCUT2D eigenvalue weighted by atomic mass is 10.0. The van der Waals surface area contributed by atoms with Crippen LogP contribution in [0.2, 0.25) is 0 Å². The van der Waals surface area contributed by atoms with Crippen molar-refractivity contribution in [3.8, 4) is 5.75 Å². The molecule has 2 aromatic rings. The molecule has 0 saturated heterocycles. The van der Waals surface area contributed by atoms with Crippen LogP contribution >= 0.6 is 15.9 Å². The van der Waals surface area contributed by atoms with Crippen molar-refractivity contribution in [2.24, 2.45) is 5.92 Å². The molecule has 0 radical (unpaired) electrons. The van der Waals surface area contributed by atoms with E-state index in [1.165, 1.54) is 5.56 Å². The van der Waals surface area contributed by atoms with Gasteiger partial charge < -0.3 is 15.0 Å². The number of benzene rings is 2. The first-order valence-electron chi connectivity index (χ1n) is 10.7. The first kappa shape index (κ1) is 24.9. The summed E-state index contributed by atoms with van der Waals surface area (Å²) in [5.74, 6) is 0.938. The van der Waals surface area contributed by atoms with Crippen molar-refractivity contribution in [3.63, 3.8) is 0 Å². The molecule has 0 spiro atoms. The van der Waals surface area contributed by atoms with Crippen LogP contribution in [0.1, 0.15) is 51.7 Å². The fraction of sp³-hybridized carbons (Fsp3) is 0.440. The van der Waals surface area contributed by atoms with Crippen LogP contribution in [0.4, 0.5) is 0 Å². The van der Waals surface area contributed by atoms with Crippen LogP contribution in [-0.4, -0.2) is 35.9 Å². The molecule has 5 nitrogen and oxygen atoms in total. The maximum absolute atomic E-state index is 13.1. The zero-order chi connectivity index (χ0) is 23.0. The Morgan fingerprint density at radius 2 is 1.71 bits per heavy atom. The zero-order valence-electron chi connectivity index (χ0n) is 19.0. The maximum atomic E-state index is 13.1. The number of amides is 2. The summed E-state index contributed by atoms with van der Waals surface area (Å²) in [6.07, 6.45) is 0. The van der Waals surface area contributed by atoms with Gasteiger partial charge in [-0.2, -0.15) is 0 Å². The third-order valence-electron chi connectivity index (χ3n) is 5.02. The molecule has 0 saturated carbocycles. The average molecular weight is 489 g/mol. The number of carbonyl (C=O) groups excluding carboxylic acids is 2. The molecular weight excluding hydrogens is 456 g/mol. The van der Waals surface area contributed by atoms with Gasteiger partial charge in [0.15, 0.2) is 6.61 Å². The van der Waals surface area contributed by atoms with Gasteiger partial charge in [-0.1, -0.05) is 64.1 Å². The molecule has 0 aromatic heterocycles. The smallest absolute Gasteiger partial charge is 0.261 e. The highest BCUT2D eigenvalue weighted by Crippen LogP contribution is 2.29. The summed E-state index contributed by atoms with van der Waals surface area (Å²) >= 11 is 3.53. The van der Waals surface area contributed by atoms with Crippen LogP contribution in [0.5, 0.6) is 5.75 Å². The van der Waals surface area contributed by atoms with Gasteiger partial charge in [-0.05, 0) is 57.9 Å². The van der Waals surface area contributed by atoms with Gasteiger partial charge in [0, 0.05) is 13.1 Å². The van der Waals surface area contributed by atoms with Crippen LogP contribution in [0.15, 0.2) is 53.0 Å². The first-order chi connectivity index (χ1) is 14.7. The van der Waals surface area contributed by atoms with Gasteiger partial charge in [0.2, 0.25) is 5.91 Å². The Morgan fingerprint density at radius 1 is 1.03 bits per heavy atom. The Kier molecular flexibility index (Phi) is 9.56. The third-order valence-corrected chi connectivity index (χ3v) is 5.64. The second-order valence-corrected chi connectivity index (χ2v) is 9.31. The van der Waals surface area contributed by atoms with E-state index in [2.05, 4.69) is 35.1 Å². The predicted octanol–water partition coefficient (Wildman–Crippen LogP) is 5.14. The van der Waals surface area contributed by atoms with Crippen LogP contribution in [0.3, 0.4) is 0 Å². The molecule has 0 aliphatic carbocycles. The van der Waals surface area contributed by atoms with Crippen molar-refractivity contribution in [1.29, 1.82) is 0 Å². The number of halogens is 1. The van der Waals surface area contributed by atoms with Gasteiger partial charge in [0.05, 0.1) is 4.47 Å². The summed E-state index contributed by atoms with van der Waals surface area (Å²) in [5.41, 5.74) is 2.15. The van der Waals surface area contributed by atoms with E-state index < -0.39 is 6.04 Å². The number of hydrogen-bond donors (Lipinski definition) is 1. The largest absolute Gasteiger partial charge is 0.483 e. The number of carbonyl (C=O) groups is 2. The van der Waals surface area contributed by atoms with Crippen LogP contribution in [-0.2, 0) is 16.1 Å². The van der Waals surface area contributed by atoms with E-state index >= 15 is 0 Å². The number of nitrogens with one attached hydrogen (secondary N) is 1. The van der Waals surface area contributed by atoms with Gasteiger partial charge in [-0.15, -0.1) is 0 Å². The molecule has 6 heteroatoms. The Morgan fingerprint density at radius 3 is 2.29 bits per heavy atom. The summed E-state index contributed by atoms with van der Waals surface area (Å²) in [6.45, 7) is 10.8. The lowest BCUT2D eigenvalue weighted by molar-refractivity contribution is -0.142. The topological polar surface area (TPSA) is 58.6 Å². The molecule has 1 atom stereocenters. The molecule has 2 rings (SSSR count). The molecule has 0 unspecified atom stereocenters. The fourth-order valence-electron chi connectivity index (χ4n) is 3.03. The van der Waals surface area contributed by atoms with Crippen molar-refractivity contribution in [3.05, 3.63) is 64.1 Å². The Hall–Kier alpha value is -2.34. The van der Waals surface area contributed by atoms with E-state index in [1.54, 1.807) is 11.8 Å². The number of rotatable bonds is 10. The number of nitrogens with zero attached hydrogens (tertiary/aromatic N) is 1. The highest BCUT2D eigenvalue weighted by atomic mass is 79.9. The molecule has 0 heterocycles. The van der Waals surface area contributed by atoms with Crippen molar-refractivity contribution in [2.75, 3.05) is 13.2 Å². The highest BCUT2D eigenvalue weighted by molar-refractivity contribution is 9.10. The Labute approximate surface area is 194 Å². The summed E-state index contributed by atoms with van der Waals surface area (Å²) < 4.78 is 6.62. The van der Waals surface area contributed by atoms with Gasteiger partial charge in [0.1, 0.15) is 11.8 Å². The van der Waals surface area contributed by atoms with E-state index in [1.807, 2.05) is 62.4 Å². The molecule has 2 aromatic carbocycles. The van der Waals surface area contributed by atoms with Crippen molar-refractivity contribution in [2.45, 2.75) is 53.1 Å². The molecule has 0 bridgehead atoms. The molecule has 0 aliphatic heterocycles. The molecule has 2 amide bonds.